The van der Waals surface area contributed by atoms with Crippen LogP contribution in [0, 0.1) is 11.8 Å². The Balaban J connectivity index is 0.000000486. The van der Waals surface area contributed by atoms with Crippen LogP contribution >= 0.6 is 0 Å². The van der Waals surface area contributed by atoms with E-state index in [0.29, 0.717) is 42.7 Å². The second-order valence-electron chi connectivity index (χ2n) is 24.7. The molecule has 1 atom stereocenters. The highest BCUT2D eigenvalue weighted by atomic mass is 16.5. The smallest absolute Gasteiger partial charge is 0.119 e. The molecule has 0 aromatic heterocycles. The molecule has 4 aliphatic rings. The summed E-state index contributed by atoms with van der Waals surface area (Å²) in [6.07, 6.45) is 33.1. The Bertz CT molecular complexity index is 1920. The van der Waals surface area contributed by atoms with Gasteiger partial charge in [0.25, 0.3) is 0 Å². The SMILES string of the molecule is CC(C)OC1CCCC1.CC(C)OC1CCCCC1.CC(C)OCCc1ccccc1.CC(C)OCc1ccccc1.CC(C)Oc1ccccc1.CCC(C)OCc1ccccc1.CCOCC1CCCCC1.CCOCCC1CCCCC1. The first-order valence-corrected chi connectivity index (χ1v) is 34.3. The van der Waals surface area contributed by atoms with Gasteiger partial charge in [0.05, 0.1) is 68.7 Å². The Morgan fingerprint density at radius 2 is 0.753 bits per heavy atom. The maximum absolute atomic E-state index is 5.69. The van der Waals surface area contributed by atoms with Crippen molar-refractivity contribution in [2.24, 2.45) is 11.8 Å². The number of hydrogen-bond acceptors (Lipinski definition) is 8. The van der Waals surface area contributed by atoms with Crippen molar-refractivity contribution < 1.29 is 37.9 Å². The zero-order chi connectivity index (χ0) is 62.4. The third kappa shape index (κ3) is 51.0. The van der Waals surface area contributed by atoms with Crippen molar-refractivity contribution in [3.05, 3.63) is 138 Å². The first-order valence-electron chi connectivity index (χ1n) is 34.3. The Morgan fingerprint density at radius 3 is 1.15 bits per heavy atom. The van der Waals surface area contributed by atoms with Crippen LogP contribution in [-0.2, 0) is 52.8 Å². The molecular formula is C77H130O8. The molecule has 8 rings (SSSR count). The fraction of sp³-hybridized carbons (Fsp3) is 0.688. The minimum atomic E-state index is 0.266. The molecule has 85 heavy (non-hydrogen) atoms. The number of ether oxygens (including phenoxy) is 8. The van der Waals surface area contributed by atoms with Crippen LogP contribution in [0.25, 0.3) is 0 Å². The Hall–Kier alpha value is -3.60. The lowest BCUT2D eigenvalue weighted by atomic mass is 9.87. The van der Waals surface area contributed by atoms with Crippen molar-refractivity contribution in [3.8, 4) is 5.75 Å². The van der Waals surface area contributed by atoms with Crippen LogP contribution in [0.15, 0.2) is 121 Å². The van der Waals surface area contributed by atoms with Crippen LogP contribution in [0.4, 0.5) is 0 Å². The van der Waals surface area contributed by atoms with Gasteiger partial charge in [-0.1, -0.05) is 200 Å². The summed E-state index contributed by atoms with van der Waals surface area (Å²) in [6, 6.07) is 40.7. The van der Waals surface area contributed by atoms with Gasteiger partial charge >= 0.3 is 0 Å². The highest BCUT2D eigenvalue weighted by Gasteiger charge is 2.17. The van der Waals surface area contributed by atoms with E-state index in [2.05, 4.69) is 118 Å². The number of rotatable bonds is 24. The van der Waals surface area contributed by atoms with Gasteiger partial charge in [-0.25, -0.2) is 0 Å². The molecule has 4 fully saturated rings. The lowest BCUT2D eigenvalue weighted by Gasteiger charge is -2.23. The summed E-state index contributed by atoms with van der Waals surface area (Å²) >= 11 is 0. The van der Waals surface area contributed by atoms with Crippen molar-refractivity contribution in [1.29, 1.82) is 0 Å². The fourth-order valence-corrected chi connectivity index (χ4v) is 10.1. The van der Waals surface area contributed by atoms with Gasteiger partial charge in [0, 0.05) is 26.4 Å². The summed E-state index contributed by atoms with van der Waals surface area (Å²) in [5.74, 6) is 2.81. The lowest BCUT2D eigenvalue weighted by molar-refractivity contribution is -0.0118. The third-order valence-corrected chi connectivity index (χ3v) is 14.8. The van der Waals surface area contributed by atoms with E-state index in [0.717, 1.165) is 76.7 Å². The average molecular weight is 1180 g/mol. The molecule has 0 aliphatic heterocycles. The number of benzene rings is 4. The van der Waals surface area contributed by atoms with Crippen LogP contribution in [0.2, 0.25) is 0 Å². The monoisotopic (exact) mass is 1180 g/mol. The Morgan fingerprint density at radius 1 is 0.365 bits per heavy atom. The lowest BCUT2D eigenvalue weighted by Crippen LogP contribution is -2.20. The van der Waals surface area contributed by atoms with E-state index in [9.17, 15) is 0 Å². The largest absolute Gasteiger partial charge is 0.491 e. The molecular weight excluding hydrogens is 1050 g/mol. The van der Waals surface area contributed by atoms with Crippen molar-refractivity contribution in [2.75, 3.05) is 33.0 Å². The maximum atomic E-state index is 5.69. The molecule has 0 N–H and O–H groups in total. The van der Waals surface area contributed by atoms with Crippen LogP contribution in [0.1, 0.15) is 248 Å². The van der Waals surface area contributed by atoms with Crippen molar-refractivity contribution >= 4 is 0 Å². The molecule has 0 saturated heterocycles. The van der Waals surface area contributed by atoms with Crippen LogP contribution in [-0.4, -0.2) is 81.9 Å². The summed E-state index contributed by atoms with van der Waals surface area (Å²) in [5.41, 5.74) is 3.83. The normalized spacial score (nSPS) is 15.8. The van der Waals surface area contributed by atoms with E-state index in [1.54, 1.807) is 0 Å². The van der Waals surface area contributed by atoms with Crippen molar-refractivity contribution in [2.45, 2.75) is 300 Å². The van der Waals surface area contributed by atoms with E-state index >= 15 is 0 Å². The van der Waals surface area contributed by atoms with Gasteiger partial charge in [-0.2, -0.15) is 0 Å². The molecule has 4 aliphatic carbocycles. The quantitative estimate of drug-likeness (QED) is 0.0643. The fourth-order valence-electron chi connectivity index (χ4n) is 10.1. The van der Waals surface area contributed by atoms with Gasteiger partial charge in [-0.15, -0.1) is 0 Å². The zero-order valence-electron chi connectivity index (χ0n) is 57.1. The molecule has 0 radical (unpaired) electrons. The predicted octanol–water partition coefficient (Wildman–Crippen LogP) is 21.4. The highest BCUT2D eigenvalue weighted by Crippen LogP contribution is 2.27. The third-order valence-electron chi connectivity index (χ3n) is 14.8. The molecule has 4 aromatic rings. The second-order valence-corrected chi connectivity index (χ2v) is 24.7. The summed E-state index contributed by atoms with van der Waals surface area (Å²) in [4.78, 5) is 0. The van der Waals surface area contributed by atoms with Gasteiger partial charge in [-0.05, 0) is 188 Å². The van der Waals surface area contributed by atoms with Crippen molar-refractivity contribution in [3.63, 3.8) is 0 Å². The van der Waals surface area contributed by atoms with Crippen LogP contribution in [0.5, 0.6) is 5.75 Å². The van der Waals surface area contributed by atoms with Crippen LogP contribution in [0.3, 0.4) is 0 Å². The summed E-state index contributed by atoms with van der Waals surface area (Å²) in [6.45, 7) is 35.1. The second kappa shape index (κ2) is 55.7. The van der Waals surface area contributed by atoms with Gasteiger partial charge < -0.3 is 37.9 Å². The molecule has 0 bridgehead atoms. The van der Waals surface area contributed by atoms with Crippen molar-refractivity contribution in [1.82, 2.24) is 0 Å². The topological polar surface area (TPSA) is 73.8 Å². The maximum Gasteiger partial charge on any atom is 0.119 e. The molecule has 1 unspecified atom stereocenters. The van der Waals surface area contributed by atoms with E-state index in [1.807, 2.05) is 100 Å². The predicted molar refractivity (Wildman–Crippen MR) is 363 cm³/mol. The zero-order valence-corrected chi connectivity index (χ0v) is 57.1. The summed E-state index contributed by atoms with van der Waals surface area (Å²) in [5, 5.41) is 0. The molecule has 8 heteroatoms. The van der Waals surface area contributed by atoms with E-state index in [-0.39, 0.29) is 6.10 Å². The van der Waals surface area contributed by atoms with Gasteiger partial charge in [-0.3, -0.25) is 0 Å². The molecule has 4 aromatic carbocycles. The van der Waals surface area contributed by atoms with E-state index in [4.69, 9.17) is 37.9 Å². The minimum Gasteiger partial charge on any atom is -0.491 e. The molecule has 0 amide bonds. The summed E-state index contributed by atoms with van der Waals surface area (Å²) in [7, 11) is 0. The van der Waals surface area contributed by atoms with Gasteiger partial charge in [0.15, 0.2) is 0 Å². The molecule has 486 valence electrons. The Labute approximate surface area is 524 Å². The van der Waals surface area contributed by atoms with Crippen LogP contribution < -0.4 is 4.74 Å². The number of para-hydroxylation sites is 1. The minimum absolute atomic E-state index is 0.266. The van der Waals surface area contributed by atoms with Gasteiger partial charge in [0.2, 0.25) is 0 Å². The molecule has 4 saturated carbocycles. The first kappa shape index (κ1) is 79.4. The van der Waals surface area contributed by atoms with E-state index in [1.165, 1.54) is 145 Å². The number of hydrogen-bond donors (Lipinski definition) is 0. The Kier molecular flexibility index (Phi) is 52.0. The average Bonchev–Trinajstić information content (AvgIpc) is 4.03. The highest BCUT2D eigenvalue weighted by molar-refractivity contribution is 5.21. The summed E-state index contributed by atoms with van der Waals surface area (Å²) < 4.78 is 43.9. The molecule has 0 heterocycles. The molecule has 0 spiro atoms. The first-order chi connectivity index (χ1) is 41.1. The van der Waals surface area contributed by atoms with Gasteiger partial charge in [0.1, 0.15) is 5.75 Å². The van der Waals surface area contributed by atoms with E-state index < -0.39 is 0 Å². The standard InChI is InChI=1S/2C11H16O.C10H14O.C10H20O.C9H18O.C9H12O.C9H18O.C8H16O/c1-10(2)12-9-8-11-6-4-3-5-7-11;1-3-10(2)12-9-11-7-5-4-6-8-11;1-9(2)11-8-10-6-4-3-5-7-10;1-2-11-9-8-10-6-4-3-5-7-10;2*1-8(2)10-9-6-4-3-5-7-9;1-2-10-8-9-6-4-3-5-7-9;1-7(2)9-8-5-3-4-6-8/h3-7,10H,8-9H2,1-2H3;4-8,10H,3,9H2,1-2H3;3-7,9H,8H2,1-2H3;10H,2-9H2,1H3;8-9H,3-7H2,1-2H3;3-8H,1-2H3;9H,2-8H2,1H3;7-8H,3-6H2,1-2H3. The molecule has 8 nitrogen and oxygen atoms in total.